The number of carbonyl (C=O) groups is 1. The van der Waals surface area contributed by atoms with Crippen molar-refractivity contribution in [2.45, 2.75) is 19.1 Å². The molecule has 66 valence electrons. The van der Waals surface area contributed by atoms with Crippen LogP contribution >= 0.6 is 11.8 Å². The molecule has 2 atom stereocenters. The summed E-state index contributed by atoms with van der Waals surface area (Å²) in [6.07, 6.45) is -0.402. The Hall–Kier alpha value is -0.260. The summed E-state index contributed by atoms with van der Waals surface area (Å²) >= 11 is 1.34. The number of aliphatic carboxylic acids is 1. The van der Waals surface area contributed by atoms with Gasteiger partial charge in [-0.05, 0) is 6.92 Å². The van der Waals surface area contributed by atoms with E-state index in [1.807, 2.05) is 0 Å². The summed E-state index contributed by atoms with van der Waals surface area (Å²) < 4.78 is 0. The van der Waals surface area contributed by atoms with Gasteiger partial charge in [0.15, 0.2) is 0 Å². The van der Waals surface area contributed by atoms with Gasteiger partial charge in [-0.15, -0.1) is 0 Å². The van der Waals surface area contributed by atoms with Crippen LogP contribution < -0.4 is 5.73 Å². The molecule has 0 aromatic heterocycles. The fourth-order valence-electron chi connectivity index (χ4n) is 0.437. The molecule has 0 rings (SSSR count). The van der Waals surface area contributed by atoms with E-state index in [4.69, 9.17) is 15.9 Å². The summed E-state index contributed by atoms with van der Waals surface area (Å²) in [4.78, 5) is 10.2. The lowest BCUT2D eigenvalue weighted by Gasteiger charge is -2.06. The van der Waals surface area contributed by atoms with E-state index >= 15 is 0 Å². The SMILES string of the molecule is CC(O)CSC[C@H](N)C(=O)O. The van der Waals surface area contributed by atoms with Crippen molar-refractivity contribution < 1.29 is 15.0 Å². The quantitative estimate of drug-likeness (QED) is 0.530. The number of hydrogen-bond donors (Lipinski definition) is 3. The number of carboxylic acid groups (broad SMARTS) is 1. The van der Waals surface area contributed by atoms with E-state index in [1.165, 1.54) is 11.8 Å². The first-order valence-corrected chi connectivity index (χ1v) is 4.43. The highest BCUT2D eigenvalue weighted by atomic mass is 32.2. The van der Waals surface area contributed by atoms with Gasteiger partial charge in [0.2, 0.25) is 0 Å². The van der Waals surface area contributed by atoms with Crippen LogP contribution in [0.2, 0.25) is 0 Å². The number of carboxylic acids is 1. The summed E-state index contributed by atoms with van der Waals surface area (Å²) in [5, 5.41) is 17.1. The molecule has 0 amide bonds. The first-order valence-electron chi connectivity index (χ1n) is 3.28. The molecule has 0 aromatic rings. The van der Waals surface area contributed by atoms with Gasteiger partial charge in [-0.25, -0.2) is 0 Å². The van der Waals surface area contributed by atoms with E-state index in [0.29, 0.717) is 11.5 Å². The Morgan fingerprint density at radius 2 is 2.18 bits per heavy atom. The van der Waals surface area contributed by atoms with E-state index in [1.54, 1.807) is 6.92 Å². The van der Waals surface area contributed by atoms with Crippen LogP contribution in [0.3, 0.4) is 0 Å². The molecule has 5 heteroatoms. The summed E-state index contributed by atoms with van der Waals surface area (Å²) in [5.74, 6) is -0.121. The predicted octanol–water partition coefficient (Wildman–Crippen LogP) is -0.488. The highest BCUT2D eigenvalue weighted by Crippen LogP contribution is 2.03. The van der Waals surface area contributed by atoms with Crippen LogP contribution in [0.1, 0.15) is 6.92 Å². The van der Waals surface area contributed by atoms with Crippen molar-refractivity contribution in [2.24, 2.45) is 5.73 Å². The van der Waals surface area contributed by atoms with Crippen LogP contribution in [0.25, 0.3) is 0 Å². The molecular weight excluding hydrogens is 166 g/mol. The first-order chi connectivity index (χ1) is 5.04. The standard InChI is InChI=1S/C6H13NO3S/c1-4(8)2-11-3-5(7)6(9)10/h4-5,8H,2-3,7H2,1H3,(H,9,10)/t4?,5-/m0/s1. The highest BCUT2D eigenvalue weighted by Gasteiger charge is 2.10. The molecule has 0 saturated carbocycles. The van der Waals surface area contributed by atoms with Crippen molar-refractivity contribution >= 4 is 17.7 Å². The molecule has 4 N–H and O–H groups in total. The van der Waals surface area contributed by atoms with E-state index < -0.39 is 18.1 Å². The maximum atomic E-state index is 10.2. The zero-order valence-electron chi connectivity index (χ0n) is 6.36. The molecule has 0 aliphatic rings. The Morgan fingerprint density at radius 1 is 1.64 bits per heavy atom. The van der Waals surface area contributed by atoms with Crippen LogP contribution in [-0.2, 0) is 4.79 Å². The van der Waals surface area contributed by atoms with Crippen molar-refractivity contribution in [3.05, 3.63) is 0 Å². The maximum absolute atomic E-state index is 10.2. The minimum absolute atomic E-state index is 0.347. The smallest absolute Gasteiger partial charge is 0.321 e. The monoisotopic (exact) mass is 179 g/mol. The molecular formula is C6H13NO3S. The second kappa shape index (κ2) is 5.40. The minimum Gasteiger partial charge on any atom is -0.480 e. The topological polar surface area (TPSA) is 83.5 Å². The van der Waals surface area contributed by atoms with Crippen LogP contribution in [0.5, 0.6) is 0 Å². The zero-order chi connectivity index (χ0) is 8.85. The van der Waals surface area contributed by atoms with Crippen molar-refractivity contribution in [2.75, 3.05) is 11.5 Å². The third-order valence-corrected chi connectivity index (χ3v) is 2.29. The molecule has 11 heavy (non-hydrogen) atoms. The van der Waals surface area contributed by atoms with Crippen LogP contribution in [0, 0.1) is 0 Å². The largest absolute Gasteiger partial charge is 0.480 e. The molecule has 0 heterocycles. The van der Waals surface area contributed by atoms with Gasteiger partial charge in [-0.3, -0.25) is 4.79 Å². The predicted molar refractivity (Wildman–Crippen MR) is 44.6 cm³/mol. The second-order valence-electron chi connectivity index (χ2n) is 2.33. The fraction of sp³-hybridized carbons (Fsp3) is 0.833. The Bertz CT molecular complexity index is 129. The summed E-state index contributed by atoms with van der Waals surface area (Å²) in [5.41, 5.74) is 5.20. The van der Waals surface area contributed by atoms with Gasteiger partial charge >= 0.3 is 5.97 Å². The van der Waals surface area contributed by atoms with Crippen LogP contribution in [-0.4, -0.2) is 39.8 Å². The summed E-state index contributed by atoms with van der Waals surface area (Å²) in [7, 11) is 0. The highest BCUT2D eigenvalue weighted by molar-refractivity contribution is 7.99. The van der Waals surface area contributed by atoms with Gasteiger partial charge in [-0.1, -0.05) is 0 Å². The number of aliphatic hydroxyl groups excluding tert-OH is 1. The number of thioether (sulfide) groups is 1. The molecule has 0 aliphatic carbocycles. The Labute approximate surface area is 69.8 Å². The lowest BCUT2D eigenvalue weighted by molar-refractivity contribution is -0.137. The van der Waals surface area contributed by atoms with E-state index in [-0.39, 0.29) is 0 Å². The number of nitrogens with two attached hydrogens (primary N) is 1. The van der Waals surface area contributed by atoms with E-state index in [9.17, 15) is 4.79 Å². The average Bonchev–Trinajstić information content (AvgIpc) is 1.86. The molecule has 0 aliphatic heterocycles. The van der Waals surface area contributed by atoms with Crippen molar-refractivity contribution in [1.82, 2.24) is 0 Å². The van der Waals surface area contributed by atoms with Crippen LogP contribution in [0.15, 0.2) is 0 Å². The Morgan fingerprint density at radius 3 is 2.55 bits per heavy atom. The second-order valence-corrected chi connectivity index (χ2v) is 3.41. The van der Waals surface area contributed by atoms with E-state index in [2.05, 4.69) is 0 Å². The van der Waals surface area contributed by atoms with Gasteiger partial charge in [0, 0.05) is 11.5 Å². The minimum atomic E-state index is -0.997. The van der Waals surface area contributed by atoms with Gasteiger partial charge in [0.05, 0.1) is 6.10 Å². The fourth-order valence-corrected chi connectivity index (χ4v) is 1.31. The summed E-state index contributed by atoms with van der Waals surface area (Å²) in [6.45, 7) is 1.65. The summed E-state index contributed by atoms with van der Waals surface area (Å²) in [6, 6.07) is -0.821. The van der Waals surface area contributed by atoms with Crippen molar-refractivity contribution in [3.63, 3.8) is 0 Å². The molecule has 0 fully saturated rings. The van der Waals surface area contributed by atoms with Gasteiger partial charge < -0.3 is 15.9 Å². The average molecular weight is 179 g/mol. The normalized spacial score (nSPS) is 15.9. The third-order valence-electron chi connectivity index (χ3n) is 0.974. The lowest BCUT2D eigenvalue weighted by Crippen LogP contribution is -2.32. The Balaban J connectivity index is 3.31. The van der Waals surface area contributed by atoms with Crippen LogP contribution in [0.4, 0.5) is 0 Å². The molecule has 0 radical (unpaired) electrons. The number of hydrogen-bond acceptors (Lipinski definition) is 4. The van der Waals surface area contributed by atoms with Crippen molar-refractivity contribution in [3.8, 4) is 0 Å². The Kier molecular flexibility index (Phi) is 5.27. The molecule has 1 unspecified atom stereocenters. The third kappa shape index (κ3) is 6.15. The zero-order valence-corrected chi connectivity index (χ0v) is 7.17. The molecule has 0 spiro atoms. The van der Waals surface area contributed by atoms with Crippen molar-refractivity contribution in [1.29, 1.82) is 0 Å². The molecule has 0 aromatic carbocycles. The first kappa shape index (κ1) is 10.7. The van der Waals surface area contributed by atoms with Gasteiger partial charge in [0.1, 0.15) is 6.04 Å². The number of aliphatic hydroxyl groups is 1. The number of rotatable bonds is 5. The molecule has 0 saturated heterocycles. The van der Waals surface area contributed by atoms with Gasteiger partial charge in [-0.2, -0.15) is 11.8 Å². The molecule has 0 bridgehead atoms. The van der Waals surface area contributed by atoms with Gasteiger partial charge in [0.25, 0.3) is 0 Å². The molecule has 4 nitrogen and oxygen atoms in total. The van der Waals surface area contributed by atoms with E-state index in [0.717, 1.165) is 0 Å². The lowest BCUT2D eigenvalue weighted by atomic mass is 10.4. The maximum Gasteiger partial charge on any atom is 0.321 e.